The molecule has 0 spiro atoms. The average molecular weight is 545 g/mol. The molecule has 41 heavy (non-hydrogen) atoms. The number of esters is 1. The maximum absolute atomic E-state index is 13.8. The second-order valence-corrected chi connectivity index (χ2v) is 11.0. The Labute approximate surface area is 242 Å². The van der Waals surface area contributed by atoms with Crippen LogP contribution in [0.2, 0.25) is 0 Å². The molecule has 1 aromatic heterocycles. The van der Waals surface area contributed by atoms with E-state index in [9.17, 15) is 4.79 Å². The summed E-state index contributed by atoms with van der Waals surface area (Å²) in [6.07, 6.45) is 0. The summed E-state index contributed by atoms with van der Waals surface area (Å²) in [7, 11) is 8.14. The zero-order valence-corrected chi connectivity index (χ0v) is 24.6. The first-order valence-electron chi connectivity index (χ1n) is 14.0. The lowest BCUT2D eigenvalue weighted by atomic mass is 9.88. The van der Waals surface area contributed by atoms with Gasteiger partial charge in [-0.15, -0.1) is 0 Å². The number of benzene rings is 4. The lowest BCUT2D eigenvalue weighted by Crippen LogP contribution is -2.45. The number of aryl methyl sites for hydroxylation is 1. The minimum absolute atomic E-state index is 0.326. The highest BCUT2D eigenvalue weighted by atomic mass is 16.6. The number of fused-ring (bicyclic) bond motifs is 2. The Bertz CT molecular complexity index is 1680. The van der Waals surface area contributed by atoms with Gasteiger partial charge in [0.1, 0.15) is 0 Å². The zero-order chi connectivity index (χ0) is 28.9. The maximum Gasteiger partial charge on any atom is 0.341 e. The zero-order valence-electron chi connectivity index (χ0n) is 24.6. The van der Waals surface area contributed by atoms with Crippen molar-refractivity contribution in [3.05, 3.63) is 119 Å². The molecule has 0 N–H and O–H groups in total. The first-order valence-corrected chi connectivity index (χ1v) is 14.0. The molecule has 1 aliphatic heterocycles. The second-order valence-electron chi connectivity index (χ2n) is 11.0. The fourth-order valence-corrected chi connectivity index (χ4v) is 6.24. The van der Waals surface area contributed by atoms with Crippen LogP contribution >= 0.6 is 0 Å². The van der Waals surface area contributed by atoms with E-state index in [1.165, 1.54) is 0 Å². The standard InChI is InChI=1S/C35H36N4O2/c1-7-38-24(2)33(30-13-9-11-15-32(30)38)35(31-14-10-8-12-29(31)34(40)41-35)39(27-20-16-25(17-21-27)36(3)4)28-22-18-26(19-23-28)37(5)6/h8-23H,7H2,1-6H3. The van der Waals surface area contributed by atoms with Gasteiger partial charge in [-0.1, -0.05) is 36.4 Å². The number of hydrogen-bond donors (Lipinski definition) is 0. The van der Waals surface area contributed by atoms with Crippen molar-refractivity contribution in [2.75, 3.05) is 42.9 Å². The van der Waals surface area contributed by atoms with Crippen LogP contribution in [0.4, 0.5) is 22.7 Å². The normalized spacial score (nSPS) is 16.0. The SMILES string of the molecule is CCn1c(C)c(C2(N(c3ccc(N(C)C)cc3)c3ccc(N(C)C)cc3)OC(=O)c3ccccc32)c2ccccc21. The molecule has 0 amide bonds. The fourth-order valence-electron chi connectivity index (χ4n) is 6.24. The first-order chi connectivity index (χ1) is 19.8. The Kier molecular flexibility index (Phi) is 6.49. The molecule has 2 heterocycles. The Morgan fingerprint density at radius 3 is 1.78 bits per heavy atom. The number of rotatable bonds is 7. The maximum atomic E-state index is 13.8. The van der Waals surface area contributed by atoms with Crippen LogP contribution < -0.4 is 14.7 Å². The van der Waals surface area contributed by atoms with Gasteiger partial charge < -0.3 is 19.1 Å². The monoisotopic (exact) mass is 544 g/mol. The van der Waals surface area contributed by atoms with Crippen LogP contribution in [0, 0.1) is 6.92 Å². The van der Waals surface area contributed by atoms with E-state index in [0.29, 0.717) is 5.56 Å². The third-order valence-electron chi connectivity index (χ3n) is 8.20. The van der Waals surface area contributed by atoms with Crippen LogP contribution in [0.15, 0.2) is 97.1 Å². The summed E-state index contributed by atoms with van der Waals surface area (Å²) in [5.74, 6) is -0.326. The van der Waals surface area contributed by atoms with Crippen molar-refractivity contribution < 1.29 is 9.53 Å². The van der Waals surface area contributed by atoms with E-state index >= 15 is 0 Å². The molecule has 208 valence electrons. The van der Waals surface area contributed by atoms with Gasteiger partial charge in [0, 0.05) is 79.6 Å². The number of nitrogens with zero attached hydrogens (tertiary/aromatic N) is 4. The van der Waals surface area contributed by atoms with Crippen molar-refractivity contribution in [1.82, 2.24) is 4.57 Å². The quantitative estimate of drug-likeness (QED) is 0.201. The molecule has 6 nitrogen and oxygen atoms in total. The highest BCUT2D eigenvalue weighted by molar-refractivity contribution is 5.99. The van der Waals surface area contributed by atoms with Crippen molar-refractivity contribution in [1.29, 1.82) is 0 Å². The van der Waals surface area contributed by atoms with Gasteiger partial charge in [-0.2, -0.15) is 0 Å². The summed E-state index contributed by atoms with van der Waals surface area (Å²) in [5.41, 5.74) is 7.36. The van der Waals surface area contributed by atoms with Gasteiger partial charge in [0.25, 0.3) is 0 Å². The van der Waals surface area contributed by atoms with Gasteiger partial charge >= 0.3 is 5.97 Å². The second kappa shape index (κ2) is 10.0. The van der Waals surface area contributed by atoms with Crippen LogP contribution in [0.3, 0.4) is 0 Å². The highest BCUT2D eigenvalue weighted by Gasteiger charge is 2.54. The third kappa shape index (κ3) is 4.05. The Morgan fingerprint density at radius 2 is 1.22 bits per heavy atom. The minimum Gasteiger partial charge on any atom is -0.426 e. The number of carbonyl (C=O) groups is 1. The number of para-hydroxylation sites is 1. The van der Waals surface area contributed by atoms with Gasteiger partial charge in [0.15, 0.2) is 0 Å². The van der Waals surface area contributed by atoms with Crippen molar-refractivity contribution in [2.24, 2.45) is 0 Å². The first kappa shape index (κ1) is 26.5. The molecule has 4 aromatic carbocycles. The molecule has 0 saturated heterocycles. The van der Waals surface area contributed by atoms with Crippen LogP contribution in [0.1, 0.15) is 34.1 Å². The number of ether oxygens (including phenoxy) is 1. The van der Waals surface area contributed by atoms with Crippen molar-refractivity contribution in [3.8, 4) is 0 Å². The lowest BCUT2D eigenvalue weighted by molar-refractivity contribution is 0.0136. The molecule has 6 heteroatoms. The van der Waals surface area contributed by atoms with E-state index in [1.807, 2.05) is 52.5 Å². The van der Waals surface area contributed by atoms with E-state index in [1.54, 1.807) is 0 Å². The summed E-state index contributed by atoms with van der Waals surface area (Å²) >= 11 is 0. The molecule has 1 atom stereocenters. The average Bonchev–Trinajstić information content (AvgIpc) is 3.44. The molecule has 0 bridgehead atoms. The molecule has 0 radical (unpaired) electrons. The van der Waals surface area contributed by atoms with Gasteiger partial charge in [-0.05, 0) is 74.5 Å². The molecule has 1 unspecified atom stereocenters. The molecule has 1 aliphatic rings. The smallest absolute Gasteiger partial charge is 0.341 e. The summed E-state index contributed by atoms with van der Waals surface area (Å²) in [6, 6.07) is 33.1. The lowest BCUT2D eigenvalue weighted by Gasteiger charge is -2.42. The van der Waals surface area contributed by atoms with E-state index < -0.39 is 5.72 Å². The van der Waals surface area contributed by atoms with Crippen molar-refractivity contribution >= 4 is 39.6 Å². The van der Waals surface area contributed by atoms with Gasteiger partial charge in [0.05, 0.1) is 11.1 Å². The van der Waals surface area contributed by atoms with Crippen LogP contribution in [-0.4, -0.2) is 38.7 Å². The molecule has 5 aromatic rings. The number of aromatic nitrogens is 1. The van der Waals surface area contributed by atoms with Gasteiger partial charge in [0.2, 0.25) is 5.72 Å². The van der Waals surface area contributed by atoms with E-state index in [0.717, 1.165) is 57.0 Å². The number of cyclic esters (lactones) is 1. The summed E-state index contributed by atoms with van der Waals surface area (Å²) < 4.78 is 9.04. The molecule has 0 saturated carbocycles. The van der Waals surface area contributed by atoms with Gasteiger partial charge in [-0.25, -0.2) is 4.79 Å². The number of carbonyl (C=O) groups excluding carboxylic acids is 1. The summed E-state index contributed by atoms with van der Waals surface area (Å²) in [4.78, 5) is 20.1. The fraction of sp³-hybridized carbons (Fsp3) is 0.229. The molecule has 0 fully saturated rings. The minimum atomic E-state index is -1.24. The van der Waals surface area contributed by atoms with E-state index in [4.69, 9.17) is 4.74 Å². The van der Waals surface area contributed by atoms with E-state index in [2.05, 4.69) is 106 Å². The number of hydrogen-bond acceptors (Lipinski definition) is 5. The third-order valence-corrected chi connectivity index (χ3v) is 8.20. The summed E-state index contributed by atoms with van der Waals surface area (Å²) in [5, 5.41) is 1.07. The van der Waals surface area contributed by atoms with Crippen molar-refractivity contribution in [2.45, 2.75) is 26.1 Å². The Hall–Kier alpha value is -4.71. The Balaban J connectivity index is 1.74. The molecule has 6 rings (SSSR count). The predicted molar refractivity (Wildman–Crippen MR) is 169 cm³/mol. The highest BCUT2D eigenvalue weighted by Crippen LogP contribution is 2.53. The largest absolute Gasteiger partial charge is 0.426 e. The number of anilines is 4. The summed E-state index contributed by atoms with van der Waals surface area (Å²) in [6.45, 7) is 5.09. The van der Waals surface area contributed by atoms with Crippen molar-refractivity contribution in [3.63, 3.8) is 0 Å². The predicted octanol–water partition coefficient (Wildman–Crippen LogP) is 7.31. The topological polar surface area (TPSA) is 41.0 Å². The van der Waals surface area contributed by atoms with Crippen LogP contribution in [0.25, 0.3) is 10.9 Å². The molecular formula is C35H36N4O2. The van der Waals surface area contributed by atoms with Crippen LogP contribution in [0.5, 0.6) is 0 Å². The Morgan fingerprint density at radius 1 is 0.707 bits per heavy atom. The van der Waals surface area contributed by atoms with E-state index in [-0.39, 0.29) is 5.97 Å². The molecule has 0 aliphatic carbocycles. The van der Waals surface area contributed by atoms with Gasteiger partial charge in [-0.3, -0.25) is 4.90 Å². The van der Waals surface area contributed by atoms with Crippen LogP contribution in [-0.2, 0) is 17.0 Å². The molecular weight excluding hydrogens is 508 g/mol.